The molecule has 0 aliphatic carbocycles. The Morgan fingerprint density at radius 3 is 0.853 bits per heavy atom. The molecule has 0 aliphatic rings. The molecule has 0 bridgehead atoms. The zero-order chi connectivity index (χ0) is 55.4. The average molecular weight is 1080 g/mol. The third-order valence-corrected chi connectivity index (χ3v) is 14.3. The monoisotopic (exact) mass is 1080 g/mol. The summed E-state index contributed by atoms with van der Waals surface area (Å²) < 4.78 is 35.7. The van der Waals surface area contributed by atoms with Gasteiger partial charge in [-0.3, -0.25) is 4.90 Å². The highest BCUT2D eigenvalue weighted by molar-refractivity contribution is 4.71. The molecule has 75 heavy (non-hydrogen) atoms. The van der Waals surface area contributed by atoms with Crippen molar-refractivity contribution in [3.05, 3.63) is 0 Å². The average Bonchev–Trinajstić information content (AvgIpc) is 3.37. The zero-order valence-corrected chi connectivity index (χ0v) is 51.0. The molecule has 0 heterocycles. The van der Waals surface area contributed by atoms with E-state index in [9.17, 15) is 20.4 Å². The highest BCUT2D eigenvalue weighted by atomic mass is 16.6. The Bertz CT molecular complexity index is 1130. The van der Waals surface area contributed by atoms with Crippen LogP contribution in [0.15, 0.2) is 0 Å². The molecule has 0 aromatic heterocycles. The van der Waals surface area contributed by atoms with Gasteiger partial charge in [-0.25, -0.2) is 0 Å². The van der Waals surface area contributed by atoms with Crippen LogP contribution in [0.25, 0.3) is 0 Å². The first kappa shape index (κ1) is 74.5. The lowest BCUT2D eigenvalue weighted by Gasteiger charge is -2.28. The molecule has 0 rings (SSSR count). The molecule has 8 unspecified atom stereocenters. The predicted molar refractivity (Wildman–Crippen MR) is 314 cm³/mol. The normalized spacial score (nSPS) is 15.5. The van der Waals surface area contributed by atoms with Crippen molar-refractivity contribution in [3.63, 3.8) is 0 Å². The lowest BCUT2D eigenvalue weighted by Crippen LogP contribution is -2.42. The molecule has 0 spiro atoms. The second-order valence-corrected chi connectivity index (χ2v) is 23.1. The van der Waals surface area contributed by atoms with Crippen LogP contribution in [0.1, 0.15) is 241 Å². The third-order valence-electron chi connectivity index (χ3n) is 14.3. The fourth-order valence-corrected chi connectivity index (χ4v) is 9.61. The van der Waals surface area contributed by atoms with E-state index >= 15 is 0 Å². The first-order valence-electron chi connectivity index (χ1n) is 31.7. The van der Waals surface area contributed by atoms with Gasteiger partial charge in [0, 0.05) is 26.2 Å². The molecule has 13 nitrogen and oxygen atoms in total. The van der Waals surface area contributed by atoms with E-state index in [4.69, 9.17) is 28.4 Å². The van der Waals surface area contributed by atoms with E-state index in [1.54, 1.807) is 0 Å². The zero-order valence-electron chi connectivity index (χ0n) is 51.0. The Hall–Kier alpha value is -0.520. The topological polar surface area (TPSA) is 146 Å². The molecule has 0 aliphatic heterocycles. The summed E-state index contributed by atoms with van der Waals surface area (Å²) in [7, 11) is 4.15. The summed E-state index contributed by atoms with van der Waals surface area (Å²) in [5.74, 6) is 0. The maximum atomic E-state index is 11.1. The molecule has 0 aromatic carbocycles. The summed E-state index contributed by atoms with van der Waals surface area (Å²) in [6.45, 7) is 21.7. The van der Waals surface area contributed by atoms with Gasteiger partial charge in [-0.1, -0.05) is 194 Å². The number of ether oxygens (including phenoxy) is 6. The van der Waals surface area contributed by atoms with Crippen LogP contribution in [0.5, 0.6) is 0 Å². The van der Waals surface area contributed by atoms with Crippen molar-refractivity contribution in [1.29, 1.82) is 0 Å². The number of likely N-dealkylation sites (N-methyl/N-ethyl adjacent to an activating group) is 2. The van der Waals surface area contributed by atoms with E-state index in [-0.39, 0.29) is 50.8 Å². The minimum atomic E-state index is -0.719. The van der Waals surface area contributed by atoms with E-state index in [1.807, 2.05) is 27.7 Å². The van der Waals surface area contributed by atoms with Gasteiger partial charge in [0.05, 0.1) is 102 Å². The molecule has 4 N–H and O–H groups in total. The number of hydrogen-bond donors (Lipinski definition) is 4. The van der Waals surface area contributed by atoms with Gasteiger partial charge in [0.2, 0.25) is 0 Å². The first-order valence-corrected chi connectivity index (χ1v) is 31.7. The summed E-state index contributed by atoms with van der Waals surface area (Å²) >= 11 is 0. The van der Waals surface area contributed by atoms with Crippen molar-refractivity contribution in [2.45, 2.75) is 290 Å². The van der Waals surface area contributed by atoms with Gasteiger partial charge in [-0.05, 0) is 80.7 Å². The van der Waals surface area contributed by atoms with Crippen molar-refractivity contribution in [3.8, 4) is 0 Å². The van der Waals surface area contributed by atoms with Crippen LogP contribution >= 0.6 is 0 Å². The maximum Gasteiger partial charge on any atom is 0.0900 e. The minimum absolute atomic E-state index is 0.156. The van der Waals surface area contributed by atoms with Crippen LogP contribution < -0.4 is 0 Å². The lowest BCUT2D eigenvalue weighted by atomic mass is 10.1. The van der Waals surface area contributed by atoms with Crippen molar-refractivity contribution >= 4 is 0 Å². The van der Waals surface area contributed by atoms with E-state index in [2.05, 4.69) is 49.6 Å². The van der Waals surface area contributed by atoms with Crippen LogP contribution in [0.4, 0.5) is 0 Å². The standard InChI is InChI=1S/C62H129N3O10/c1-10-13-16-19-22-25-28-31-34-37-40-63(8)43-59(66)51-70-47-55(4)73-50-58(7)75-54-62(69)46-65(42-39-36-33-30-27-24-21-18-15-12-3)45-61(68)52-71-48-56(5)72-49-57(6)74-53-60(67)44-64(9)41-38-35-32-29-26-23-20-17-14-11-2/h55-62,66-69H,10-54H2,1-9H3. The van der Waals surface area contributed by atoms with Crippen molar-refractivity contribution in [2.75, 3.05) is 113 Å². The first-order chi connectivity index (χ1) is 36.3. The van der Waals surface area contributed by atoms with E-state index in [0.717, 1.165) is 38.9 Å². The maximum absolute atomic E-state index is 11.1. The van der Waals surface area contributed by atoms with Crippen molar-refractivity contribution in [1.82, 2.24) is 14.7 Å². The second kappa shape index (κ2) is 55.4. The lowest BCUT2D eigenvalue weighted by molar-refractivity contribution is -0.0854. The molecule has 8 atom stereocenters. The summed E-state index contributed by atoms with van der Waals surface area (Å²) in [5.41, 5.74) is 0. The number of aliphatic hydroxyl groups excluding tert-OH is 4. The third kappa shape index (κ3) is 53.9. The molecule has 0 fully saturated rings. The Balaban J connectivity index is 4.54. The van der Waals surface area contributed by atoms with Gasteiger partial charge >= 0.3 is 0 Å². The largest absolute Gasteiger partial charge is 0.389 e. The van der Waals surface area contributed by atoms with Gasteiger partial charge < -0.3 is 58.6 Å². The summed E-state index contributed by atoms with van der Waals surface area (Å²) in [6.07, 6.45) is 35.7. The molecule has 0 saturated carbocycles. The van der Waals surface area contributed by atoms with E-state index < -0.39 is 24.4 Å². The molecule has 0 amide bonds. The summed E-state index contributed by atoms with van der Waals surface area (Å²) in [6, 6.07) is 0. The summed E-state index contributed by atoms with van der Waals surface area (Å²) in [4.78, 5) is 6.54. The molecular formula is C62H129N3O10. The van der Waals surface area contributed by atoms with Crippen LogP contribution in [0.2, 0.25) is 0 Å². The molecule has 0 aromatic rings. The SMILES string of the molecule is CCCCCCCCCCCCN(C)CC(O)COCC(C)OCC(C)OCC(O)CN(CCCCCCCCCCCC)CC(O)COCC(C)OCC(C)OCC(O)CN(C)CCCCCCCCCCCC. The van der Waals surface area contributed by atoms with E-state index in [1.165, 1.54) is 173 Å². The second-order valence-electron chi connectivity index (χ2n) is 23.1. The molecule has 13 heteroatoms. The fraction of sp³-hybridized carbons (Fsp3) is 1.00. The van der Waals surface area contributed by atoms with Crippen molar-refractivity contribution < 1.29 is 48.8 Å². The molecule has 0 radical (unpaired) electrons. The Labute approximate surface area is 464 Å². The number of aliphatic hydroxyl groups is 4. The Morgan fingerprint density at radius 1 is 0.280 bits per heavy atom. The highest BCUT2D eigenvalue weighted by Crippen LogP contribution is 2.15. The Morgan fingerprint density at radius 2 is 0.520 bits per heavy atom. The van der Waals surface area contributed by atoms with Crippen LogP contribution in [-0.4, -0.2) is 197 Å². The van der Waals surface area contributed by atoms with E-state index in [0.29, 0.717) is 52.6 Å². The van der Waals surface area contributed by atoms with Crippen LogP contribution in [0.3, 0.4) is 0 Å². The highest BCUT2D eigenvalue weighted by Gasteiger charge is 2.19. The van der Waals surface area contributed by atoms with Gasteiger partial charge in [-0.15, -0.1) is 0 Å². The quantitative estimate of drug-likeness (QED) is 0.0429. The van der Waals surface area contributed by atoms with Crippen LogP contribution in [-0.2, 0) is 28.4 Å². The smallest absolute Gasteiger partial charge is 0.0900 e. The molecular weight excluding hydrogens is 947 g/mol. The van der Waals surface area contributed by atoms with Crippen LogP contribution in [0, 0.1) is 0 Å². The Kier molecular flexibility index (Phi) is 55.0. The van der Waals surface area contributed by atoms with Gasteiger partial charge in [0.25, 0.3) is 0 Å². The molecule has 0 saturated heterocycles. The van der Waals surface area contributed by atoms with Crippen molar-refractivity contribution in [2.24, 2.45) is 0 Å². The summed E-state index contributed by atoms with van der Waals surface area (Å²) in [5, 5.41) is 43.3. The predicted octanol–water partition coefficient (Wildman–Crippen LogP) is 12.0. The minimum Gasteiger partial charge on any atom is -0.389 e. The molecule has 452 valence electrons. The number of unbranched alkanes of at least 4 members (excludes halogenated alkanes) is 27. The number of hydrogen-bond acceptors (Lipinski definition) is 13. The fourth-order valence-electron chi connectivity index (χ4n) is 9.61. The van der Waals surface area contributed by atoms with Gasteiger partial charge in [0.1, 0.15) is 0 Å². The number of nitrogens with zero attached hydrogens (tertiary/aromatic N) is 3. The van der Waals surface area contributed by atoms with Gasteiger partial charge in [-0.2, -0.15) is 0 Å². The number of rotatable bonds is 61. The van der Waals surface area contributed by atoms with Gasteiger partial charge in [0.15, 0.2) is 0 Å².